The molecular formula is C21H33NO2. The fourth-order valence-corrected chi connectivity index (χ4v) is 7.39. The summed E-state index contributed by atoms with van der Waals surface area (Å²) in [5.41, 5.74) is 1.68. The van der Waals surface area contributed by atoms with Crippen LogP contribution in [0, 0.1) is 39.9 Å². The molecule has 0 radical (unpaired) electrons. The van der Waals surface area contributed by atoms with E-state index in [0.717, 1.165) is 42.7 Å². The first-order valence-electron chi connectivity index (χ1n) is 10.1. The Hall–Kier alpha value is -0.860. The van der Waals surface area contributed by atoms with Crippen molar-refractivity contribution in [3.05, 3.63) is 0 Å². The Labute approximate surface area is 146 Å². The molecule has 1 N–H and O–H groups in total. The van der Waals surface area contributed by atoms with Gasteiger partial charge in [0.2, 0.25) is 0 Å². The summed E-state index contributed by atoms with van der Waals surface area (Å²) in [5, 5.41) is 8.19. The van der Waals surface area contributed by atoms with Crippen molar-refractivity contribution in [1.82, 2.24) is 0 Å². The van der Waals surface area contributed by atoms with E-state index in [0.29, 0.717) is 17.9 Å². The lowest BCUT2D eigenvalue weighted by Crippen LogP contribution is -2.56. The van der Waals surface area contributed by atoms with Gasteiger partial charge in [-0.25, -0.2) is 0 Å². The number of esters is 1. The molecule has 6 unspecified atom stereocenters. The van der Waals surface area contributed by atoms with Crippen LogP contribution in [0.5, 0.6) is 0 Å². The van der Waals surface area contributed by atoms with Gasteiger partial charge in [0, 0.05) is 18.1 Å². The van der Waals surface area contributed by atoms with Crippen molar-refractivity contribution < 1.29 is 9.53 Å². The van der Waals surface area contributed by atoms with Gasteiger partial charge in [-0.05, 0) is 86.9 Å². The standard InChI is InChI=1S/C21H33NO2/c1-14(23)24-13-21-11-7-16(22)12-15(21)5-6-17-18-4-3-9-20(18,2)10-8-19(17)21/h15,17-19,22H,3-13H2,1-2H3. The van der Waals surface area contributed by atoms with Gasteiger partial charge in [-0.2, -0.15) is 0 Å². The molecule has 6 atom stereocenters. The normalized spacial score (nSPS) is 47.5. The van der Waals surface area contributed by atoms with Crippen molar-refractivity contribution in [3.8, 4) is 0 Å². The lowest BCUT2D eigenvalue weighted by molar-refractivity contribution is -0.162. The van der Waals surface area contributed by atoms with E-state index < -0.39 is 0 Å². The van der Waals surface area contributed by atoms with E-state index in [4.69, 9.17) is 10.1 Å². The molecule has 0 bridgehead atoms. The Kier molecular flexibility index (Phi) is 4.04. The molecule has 24 heavy (non-hydrogen) atoms. The molecule has 4 aliphatic carbocycles. The monoisotopic (exact) mass is 331 g/mol. The number of ether oxygens (including phenoxy) is 1. The van der Waals surface area contributed by atoms with Gasteiger partial charge in [0.15, 0.2) is 0 Å². The van der Waals surface area contributed by atoms with Gasteiger partial charge >= 0.3 is 5.97 Å². The van der Waals surface area contributed by atoms with Gasteiger partial charge < -0.3 is 10.1 Å². The molecule has 4 aliphatic rings. The maximum absolute atomic E-state index is 11.6. The Morgan fingerprint density at radius 3 is 2.79 bits per heavy atom. The van der Waals surface area contributed by atoms with Crippen LogP contribution in [0.15, 0.2) is 0 Å². The number of nitrogens with one attached hydrogen (secondary N) is 1. The predicted octanol–water partition coefficient (Wildman–Crippen LogP) is 4.98. The maximum atomic E-state index is 11.6. The van der Waals surface area contributed by atoms with Gasteiger partial charge in [-0.15, -0.1) is 0 Å². The summed E-state index contributed by atoms with van der Waals surface area (Å²) in [6.07, 6.45) is 12.5. The average Bonchev–Trinajstić information content (AvgIpc) is 2.94. The molecule has 3 heteroatoms. The van der Waals surface area contributed by atoms with Crippen molar-refractivity contribution >= 4 is 11.7 Å². The Balaban J connectivity index is 1.65. The van der Waals surface area contributed by atoms with Crippen LogP contribution in [0.2, 0.25) is 0 Å². The van der Waals surface area contributed by atoms with E-state index in [9.17, 15) is 4.79 Å². The number of rotatable bonds is 2. The van der Waals surface area contributed by atoms with E-state index in [-0.39, 0.29) is 11.4 Å². The molecule has 0 aromatic carbocycles. The average molecular weight is 332 g/mol. The lowest BCUT2D eigenvalue weighted by atomic mass is 9.45. The minimum atomic E-state index is -0.132. The van der Waals surface area contributed by atoms with Crippen molar-refractivity contribution in [2.45, 2.75) is 78.1 Å². The largest absolute Gasteiger partial charge is 0.465 e. The first-order valence-corrected chi connectivity index (χ1v) is 10.1. The van der Waals surface area contributed by atoms with Crippen LogP contribution in [-0.4, -0.2) is 18.3 Å². The summed E-state index contributed by atoms with van der Waals surface area (Å²) in [6, 6.07) is 0. The van der Waals surface area contributed by atoms with Gasteiger partial charge in [0.25, 0.3) is 0 Å². The lowest BCUT2D eigenvalue weighted by Gasteiger charge is -2.60. The Morgan fingerprint density at radius 2 is 2.00 bits per heavy atom. The fraction of sp³-hybridized carbons (Fsp3) is 0.905. The van der Waals surface area contributed by atoms with E-state index in [1.54, 1.807) is 6.92 Å². The third-order valence-electron chi connectivity index (χ3n) is 8.55. The smallest absolute Gasteiger partial charge is 0.302 e. The summed E-state index contributed by atoms with van der Waals surface area (Å²) in [4.78, 5) is 11.6. The second kappa shape index (κ2) is 5.85. The van der Waals surface area contributed by atoms with Crippen LogP contribution >= 0.6 is 0 Å². The van der Waals surface area contributed by atoms with Gasteiger partial charge in [-0.1, -0.05) is 13.3 Å². The zero-order chi connectivity index (χ0) is 16.9. The number of carbonyl (C=O) groups excluding carboxylic acids is 1. The number of carbonyl (C=O) groups is 1. The summed E-state index contributed by atoms with van der Waals surface area (Å²) in [7, 11) is 0. The highest BCUT2D eigenvalue weighted by atomic mass is 16.5. The zero-order valence-corrected chi connectivity index (χ0v) is 15.4. The summed E-state index contributed by atoms with van der Waals surface area (Å²) in [5.74, 6) is 2.90. The SMILES string of the molecule is CC(=O)OCC12CCC(=N)CC1CCC1C3CCCC3(C)CCC12. The van der Waals surface area contributed by atoms with Gasteiger partial charge in [0.05, 0.1) is 6.61 Å². The van der Waals surface area contributed by atoms with Crippen LogP contribution in [0.1, 0.15) is 78.1 Å². The number of hydrogen-bond donors (Lipinski definition) is 1. The molecule has 0 heterocycles. The van der Waals surface area contributed by atoms with Crippen molar-refractivity contribution in [2.75, 3.05) is 6.61 Å². The second-order valence-electron chi connectivity index (χ2n) is 9.56. The molecule has 4 fully saturated rings. The molecule has 0 spiro atoms. The van der Waals surface area contributed by atoms with Gasteiger partial charge in [-0.3, -0.25) is 4.79 Å². The summed E-state index contributed by atoms with van der Waals surface area (Å²) in [6.45, 7) is 4.71. The molecule has 0 amide bonds. The summed E-state index contributed by atoms with van der Waals surface area (Å²) < 4.78 is 5.65. The van der Waals surface area contributed by atoms with Crippen LogP contribution in [0.3, 0.4) is 0 Å². The molecule has 134 valence electrons. The first kappa shape index (κ1) is 16.6. The van der Waals surface area contributed by atoms with E-state index in [2.05, 4.69) is 6.92 Å². The highest BCUT2D eigenvalue weighted by molar-refractivity contribution is 5.82. The van der Waals surface area contributed by atoms with Crippen LogP contribution in [0.25, 0.3) is 0 Å². The zero-order valence-electron chi connectivity index (χ0n) is 15.4. The molecule has 4 rings (SSSR count). The van der Waals surface area contributed by atoms with Crippen molar-refractivity contribution in [1.29, 1.82) is 5.41 Å². The van der Waals surface area contributed by atoms with E-state index in [1.165, 1.54) is 44.9 Å². The number of fused-ring (bicyclic) bond motifs is 5. The van der Waals surface area contributed by atoms with Crippen LogP contribution in [-0.2, 0) is 9.53 Å². The molecule has 0 aromatic rings. The Morgan fingerprint density at radius 1 is 1.17 bits per heavy atom. The predicted molar refractivity (Wildman–Crippen MR) is 95.0 cm³/mol. The van der Waals surface area contributed by atoms with Crippen LogP contribution in [0.4, 0.5) is 0 Å². The second-order valence-corrected chi connectivity index (χ2v) is 9.56. The molecule has 0 saturated heterocycles. The summed E-state index contributed by atoms with van der Waals surface area (Å²) >= 11 is 0. The maximum Gasteiger partial charge on any atom is 0.302 e. The topological polar surface area (TPSA) is 50.2 Å². The van der Waals surface area contributed by atoms with E-state index >= 15 is 0 Å². The fourth-order valence-electron chi connectivity index (χ4n) is 7.39. The number of hydrogen-bond acceptors (Lipinski definition) is 3. The highest BCUT2D eigenvalue weighted by Crippen LogP contribution is 2.66. The van der Waals surface area contributed by atoms with Crippen LogP contribution < -0.4 is 0 Å². The highest BCUT2D eigenvalue weighted by Gasteiger charge is 2.59. The minimum absolute atomic E-state index is 0.132. The molecular weight excluding hydrogens is 298 g/mol. The van der Waals surface area contributed by atoms with E-state index in [1.807, 2.05) is 0 Å². The third-order valence-corrected chi connectivity index (χ3v) is 8.55. The molecule has 0 aliphatic heterocycles. The van der Waals surface area contributed by atoms with Crippen molar-refractivity contribution in [3.63, 3.8) is 0 Å². The molecule has 0 aromatic heterocycles. The molecule has 3 nitrogen and oxygen atoms in total. The Bertz CT molecular complexity index is 544. The third kappa shape index (κ3) is 2.45. The van der Waals surface area contributed by atoms with Gasteiger partial charge in [0.1, 0.15) is 0 Å². The minimum Gasteiger partial charge on any atom is -0.465 e. The van der Waals surface area contributed by atoms with Crippen molar-refractivity contribution in [2.24, 2.45) is 34.5 Å². The quantitative estimate of drug-likeness (QED) is 0.725. The molecule has 4 saturated carbocycles. The first-order chi connectivity index (χ1) is 11.4.